The molecule has 1 aromatic carbocycles. The maximum atomic E-state index is 12.7. The zero-order valence-electron chi connectivity index (χ0n) is 11.4. The van der Waals surface area contributed by atoms with Crippen LogP contribution in [0.25, 0.3) is 0 Å². The molecule has 1 unspecified atom stereocenters. The van der Waals surface area contributed by atoms with Gasteiger partial charge in [-0.2, -0.15) is 0 Å². The fourth-order valence-corrected chi connectivity index (χ4v) is 2.70. The van der Waals surface area contributed by atoms with Crippen molar-refractivity contribution in [2.45, 2.75) is 26.2 Å². The van der Waals surface area contributed by atoms with Gasteiger partial charge in [0.1, 0.15) is 0 Å². The first-order chi connectivity index (χ1) is 9.02. The summed E-state index contributed by atoms with van der Waals surface area (Å²) in [4.78, 5) is 24.9. The lowest BCUT2D eigenvalue weighted by Crippen LogP contribution is -2.39. The van der Waals surface area contributed by atoms with Gasteiger partial charge in [-0.25, -0.2) is 0 Å². The average molecular weight is 258 g/mol. The van der Waals surface area contributed by atoms with Gasteiger partial charge in [0.2, 0.25) is 0 Å². The number of esters is 1. The number of hydrogen-bond donors (Lipinski definition) is 0. The molecular weight excluding hydrogens is 240 g/mol. The zero-order chi connectivity index (χ0) is 14.0. The summed E-state index contributed by atoms with van der Waals surface area (Å²) in [5.74, 6) is -0.678. The molecule has 0 spiro atoms. The molecule has 1 aliphatic carbocycles. The third-order valence-corrected chi connectivity index (χ3v) is 3.87. The molecule has 0 aliphatic heterocycles. The van der Waals surface area contributed by atoms with Crippen molar-refractivity contribution in [1.82, 2.24) is 0 Å². The van der Waals surface area contributed by atoms with E-state index in [1.54, 1.807) is 12.1 Å². The van der Waals surface area contributed by atoms with Crippen LogP contribution in [0.2, 0.25) is 0 Å². The van der Waals surface area contributed by atoms with Crippen LogP contribution < -0.4 is 0 Å². The van der Waals surface area contributed by atoms with Crippen LogP contribution >= 0.6 is 0 Å². The van der Waals surface area contributed by atoms with Crippen LogP contribution in [0.4, 0.5) is 0 Å². The lowest BCUT2D eigenvalue weighted by atomic mass is 9.76. The predicted octanol–water partition coefficient (Wildman–Crippen LogP) is 3.08. The normalized spacial score (nSPS) is 22.3. The summed E-state index contributed by atoms with van der Waals surface area (Å²) in [7, 11) is 1.32. The fourth-order valence-electron chi connectivity index (χ4n) is 2.70. The van der Waals surface area contributed by atoms with Gasteiger partial charge in [-0.3, -0.25) is 9.59 Å². The SMILES string of the molecule is C=C1CCCC1(C(=O)OC)C(=O)c1ccc(C)cc1. The summed E-state index contributed by atoms with van der Waals surface area (Å²) in [5, 5.41) is 0. The number of carbonyl (C=O) groups excluding carboxylic acids is 2. The van der Waals surface area contributed by atoms with Gasteiger partial charge in [0.15, 0.2) is 11.2 Å². The Labute approximate surface area is 113 Å². The van der Waals surface area contributed by atoms with E-state index in [1.165, 1.54) is 7.11 Å². The molecular formula is C16H18O3. The minimum Gasteiger partial charge on any atom is -0.468 e. The van der Waals surface area contributed by atoms with E-state index in [1.807, 2.05) is 19.1 Å². The molecule has 0 saturated heterocycles. The molecule has 19 heavy (non-hydrogen) atoms. The Morgan fingerprint density at radius 1 is 1.26 bits per heavy atom. The van der Waals surface area contributed by atoms with Gasteiger partial charge in [-0.1, -0.05) is 42.0 Å². The van der Waals surface area contributed by atoms with Gasteiger partial charge < -0.3 is 4.74 Å². The topological polar surface area (TPSA) is 43.4 Å². The number of Topliss-reactive ketones (excluding diaryl/α,β-unsaturated/α-hetero) is 1. The summed E-state index contributed by atoms with van der Waals surface area (Å²) < 4.78 is 4.85. The zero-order valence-corrected chi connectivity index (χ0v) is 11.4. The van der Waals surface area contributed by atoms with E-state index < -0.39 is 11.4 Å². The highest BCUT2D eigenvalue weighted by atomic mass is 16.5. The largest absolute Gasteiger partial charge is 0.468 e. The summed E-state index contributed by atoms with van der Waals surface area (Å²) in [6.07, 6.45) is 1.99. The molecule has 0 heterocycles. The number of methoxy groups -OCH3 is 1. The van der Waals surface area contributed by atoms with Crippen molar-refractivity contribution in [1.29, 1.82) is 0 Å². The summed E-state index contributed by atoms with van der Waals surface area (Å²) in [6.45, 7) is 5.88. The number of carbonyl (C=O) groups is 2. The van der Waals surface area contributed by atoms with Crippen molar-refractivity contribution in [3.8, 4) is 0 Å². The molecule has 0 amide bonds. The first-order valence-corrected chi connectivity index (χ1v) is 6.40. The molecule has 2 rings (SSSR count). The van der Waals surface area contributed by atoms with Crippen molar-refractivity contribution < 1.29 is 14.3 Å². The van der Waals surface area contributed by atoms with Crippen molar-refractivity contribution in [3.63, 3.8) is 0 Å². The average Bonchev–Trinajstić information content (AvgIpc) is 2.80. The molecule has 1 saturated carbocycles. The molecule has 3 heteroatoms. The van der Waals surface area contributed by atoms with Crippen molar-refractivity contribution >= 4 is 11.8 Å². The molecule has 1 atom stereocenters. The maximum Gasteiger partial charge on any atom is 0.323 e. The smallest absolute Gasteiger partial charge is 0.323 e. The highest BCUT2D eigenvalue weighted by molar-refractivity contribution is 6.15. The van der Waals surface area contributed by atoms with Crippen LogP contribution in [-0.4, -0.2) is 18.9 Å². The Bertz CT molecular complexity index is 527. The quantitative estimate of drug-likeness (QED) is 0.362. The van der Waals surface area contributed by atoms with E-state index in [0.29, 0.717) is 24.0 Å². The molecule has 100 valence electrons. The van der Waals surface area contributed by atoms with E-state index in [9.17, 15) is 9.59 Å². The highest BCUT2D eigenvalue weighted by Gasteiger charge is 2.51. The lowest BCUT2D eigenvalue weighted by Gasteiger charge is -2.26. The minimum absolute atomic E-state index is 0.193. The first kappa shape index (κ1) is 13.5. The van der Waals surface area contributed by atoms with Crippen LogP contribution in [0.1, 0.15) is 35.2 Å². The lowest BCUT2D eigenvalue weighted by molar-refractivity contribution is -0.147. The second kappa shape index (κ2) is 5.00. The second-order valence-corrected chi connectivity index (χ2v) is 5.05. The number of ketones is 1. The molecule has 1 aliphatic rings. The van der Waals surface area contributed by atoms with E-state index >= 15 is 0 Å². The number of aryl methyl sites for hydroxylation is 1. The third-order valence-electron chi connectivity index (χ3n) is 3.87. The minimum atomic E-state index is -1.18. The molecule has 0 aromatic heterocycles. The van der Waals surface area contributed by atoms with Gasteiger partial charge in [-0.15, -0.1) is 0 Å². The van der Waals surface area contributed by atoms with E-state index in [0.717, 1.165) is 12.0 Å². The molecule has 3 nitrogen and oxygen atoms in total. The van der Waals surface area contributed by atoms with Crippen molar-refractivity contribution in [2.24, 2.45) is 5.41 Å². The van der Waals surface area contributed by atoms with Gasteiger partial charge in [0, 0.05) is 5.56 Å². The van der Waals surface area contributed by atoms with Gasteiger partial charge in [0.05, 0.1) is 7.11 Å². The monoisotopic (exact) mass is 258 g/mol. The fraction of sp³-hybridized carbons (Fsp3) is 0.375. The van der Waals surface area contributed by atoms with E-state index in [4.69, 9.17) is 4.74 Å². The van der Waals surface area contributed by atoms with Crippen LogP contribution in [0.3, 0.4) is 0 Å². The molecule has 1 aromatic rings. The Balaban J connectivity index is 2.45. The van der Waals surface area contributed by atoms with Crippen LogP contribution in [0.15, 0.2) is 36.4 Å². The Morgan fingerprint density at radius 3 is 2.37 bits per heavy atom. The van der Waals surface area contributed by atoms with Crippen LogP contribution in [0, 0.1) is 12.3 Å². The molecule has 1 fully saturated rings. The summed E-state index contributed by atoms with van der Waals surface area (Å²) in [5.41, 5.74) is 1.11. The maximum absolute atomic E-state index is 12.7. The van der Waals surface area contributed by atoms with Crippen LogP contribution in [0.5, 0.6) is 0 Å². The second-order valence-electron chi connectivity index (χ2n) is 5.05. The Kier molecular flexibility index (Phi) is 3.56. The van der Waals surface area contributed by atoms with E-state index in [2.05, 4.69) is 6.58 Å². The molecule has 0 bridgehead atoms. The molecule has 0 N–H and O–H groups in total. The number of rotatable bonds is 3. The number of hydrogen-bond acceptors (Lipinski definition) is 3. The highest BCUT2D eigenvalue weighted by Crippen LogP contribution is 2.45. The van der Waals surface area contributed by atoms with Crippen molar-refractivity contribution in [2.75, 3.05) is 7.11 Å². The third kappa shape index (κ3) is 2.09. The standard InChI is InChI=1S/C16H18O3/c1-11-6-8-13(9-7-11)14(17)16(15(18)19-3)10-4-5-12(16)2/h6-9H,2,4-5,10H2,1,3H3. The predicted molar refractivity (Wildman–Crippen MR) is 72.9 cm³/mol. The Morgan fingerprint density at radius 2 is 1.89 bits per heavy atom. The van der Waals surface area contributed by atoms with Gasteiger partial charge in [0.25, 0.3) is 0 Å². The molecule has 0 radical (unpaired) electrons. The summed E-state index contributed by atoms with van der Waals surface area (Å²) in [6, 6.07) is 7.26. The van der Waals surface area contributed by atoms with Crippen LogP contribution in [-0.2, 0) is 9.53 Å². The first-order valence-electron chi connectivity index (χ1n) is 6.40. The Hall–Kier alpha value is -1.90. The van der Waals surface area contributed by atoms with Gasteiger partial charge >= 0.3 is 5.97 Å². The number of ether oxygens (including phenoxy) is 1. The summed E-state index contributed by atoms with van der Waals surface area (Å²) >= 11 is 0. The van der Waals surface area contributed by atoms with E-state index in [-0.39, 0.29) is 5.78 Å². The van der Waals surface area contributed by atoms with Crippen molar-refractivity contribution in [3.05, 3.63) is 47.5 Å². The van der Waals surface area contributed by atoms with Gasteiger partial charge in [-0.05, 0) is 26.2 Å². The number of benzene rings is 1.